The fraction of sp³-hybridized carbons (Fsp3) is 0.154. The molecule has 0 unspecified atom stereocenters. The summed E-state index contributed by atoms with van der Waals surface area (Å²) in [6.07, 6.45) is 1.65. The van der Waals surface area contributed by atoms with Gasteiger partial charge in [0, 0.05) is 18.3 Å². The van der Waals surface area contributed by atoms with Crippen LogP contribution in [0.1, 0.15) is 11.1 Å². The van der Waals surface area contributed by atoms with Gasteiger partial charge in [-0.15, -0.1) is 0 Å². The number of hydrogen-bond acceptors (Lipinski definition) is 2. The number of nitrogens with two attached hydrogens (primary N) is 1. The quantitative estimate of drug-likeness (QED) is 0.838. The van der Waals surface area contributed by atoms with E-state index in [1.807, 2.05) is 18.2 Å². The van der Waals surface area contributed by atoms with Crippen molar-refractivity contribution in [2.24, 2.45) is 5.73 Å². The molecule has 1 heterocycles. The molecule has 0 amide bonds. The van der Waals surface area contributed by atoms with E-state index >= 15 is 0 Å². The van der Waals surface area contributed by atoms with Crippen molar-refractivity contribution >= 4 is 0 Å². The summed E-state index contributed by atoms with van der Waals surface area (Å²) in [5.41, 5.74) is 8.27. The fourth-order valence-electron chi connectivity index (χ4n) is 1.59. The number of benzene rings is 1. The monoisotopic (exact) mass is 216 g/mol. The molecule has 0 spiro atoms. The van der Waals surface area contributed by atoms with Gasteiger partial charge in [-0.1, -0.05) is 12.1 Å². The normalized spacial score (nSPS) is 10.4. The van der Waals surface area contributed by atoms with Gasteiger partial charge >= 0.3 is 0 Å². The first-order valence-electron chi connectivity index (χ1n) is 5.13. The third-order valence-electron chi connectivity index (χ3n) is 2.53. The summed E-state index contributed by atoms with van der Waals surface area (Å²) in [5.74, 6) is -0.218. The Morgan fingerprint density at radius 2 is 2.12 bits per heavy atom. The zero-order valence-electron chi connectivity index (χ0n) is 9.07. The largest absolute Gasteiger partial charge is 0.326 e. The van der Waals surface area contributed by atoms with Crippen LogP contribution < -0.4 is 5.73 Å². The molecule has 1 aromatic carbocycles. The number of aryl methyl sites for hydroxylation is 1. The third kappa shape index (κ3) is 1.95. The van der Waals surface area contributed by atoms with Crippen LogP contribution in [0.3, 0.4) is 0 Å². The molecule has 0 aliphatic carbocycles. The molecule has 2 N–H and O–H groups in total. The lowest BCUT2D eigenvalue weighted by Crippen LogP contribution is -1.98. The van der Waals surface area contributed by atoms with Gasteiger partial charge in [0.1, 0.15) is 5.82 Å². The highest BCUT2D eigenvalue weighted by Gasteiger charge is 2.08. The van der Waals surface area contributed by atoms with E-state index in [4.69, 9.17) is 5.73 Å². The van der Waals surface area contributed by atoms with Gasteiger partial charge in [0.15, 0.2) is 0 Å². The summed E-state index contributed by atoms with van der Waals surface area (Å²) < 4.78 is 13.9. The average Bonchev–Trinajstić information content (AvgIpc) is 2.33. The maximum absolute atomic E-state index is 13.9. The van der Waals surface area contributed by atoms with Crippen LogP contribution in [0.25, 0.3) is 11.3 Å². The molecule has 0 saturated heterocycles. The number of rotatable bonds is 2. The van der Waals surface area contributed by atoms with Crippen LogP contribution in [0.2, 0.25) is 0 Å². The van der Waals surface area contributed by atoms with Gasteiger partial charge in [0.05, 0.1) is 5.69 Å². The minimum atomic E-state index is -0.218. The summed E-state index contributed by atoms with van der Waals surface area (Å²) in [7, 11) is 0. The Morgan fingerprint density at radius 1 is 1.31 bits per heavy atom. The minimum absolute atomic E-state index is 0.218. The van der Waals surface area contributed by atoms with E-state index in [1.54, 1.807) is 25.3 Å². The van der Waals surface area contributed by atoms with E-state index < -0.39 is 0 Å². The van der Waals surface area contributed by atoms with Crippen molar-refractivity contribution in [1.82, 2.24) is 4.98 Å². The molecule has 82 valence electrons. The Morgan fingerprint density at radius 3 is 2.88 bits per heavy atom. The standard InChI is InChI=1S/C13H13FN2/c1-9-3-2-4-11(13(9)14)12-7-10(8-15)5-6-16-12/h2-7H,8,15H2,1H3. The molecule has 0 saturated carbocycles. The predicted molar refractivity (Wildman–Crippen MR) is 62.3 cm³/mol. The second-order valence-corrected chi connectivity index (χ2v) is 3.69. The number of aromatic nitrogens is 1. The van der Waals surface area contributed by atoms with Gasteiger partial charge in [0.2, 0.25) is 0 Å². The molecule has 0 aliphatic rings. The molecular weight excluding hydrogens is 203 g/mol. The second-order valence-electron chi connectivity index (χ2n) is 3.69. The molecule has 0 atom stereocenters. The molecule has 0 fully saturated rings. The van der Waals surface area contributed by atoms with Gasteiger partial charge in [0.25, 0.3) is 0 Å². The lowest BCUT2D eigenvalue weighted by molar-refractivity contribution is 0.621. The SMILES string of the molecule is Cc1cccc(-c2cc(CN)ccn2)c1F. The van der Waals surface area contributed by atoms with Crippen LogP contribution in [-0.4, -0.2) is 4.98 Å². The number of halogens is 1. The minimum Gasteiger partial charge on any atom is -0.326 e. The Kier molecular flexibility index (Phi) is 2.97. The van der Waals surface area contributed by atoms with E-state index in [1.165, 1.54) is 0 Å². The van der Waals surface area contributed by atoms with Crippen LogP contribution in [0.15, 0.2) is 36.5 Å². The Balaban J connectivity index is 2.54. The second kappa shape index (κ2) is 4.41. The summed E-state index contributed by atoms with van der Waals surface area (Å²) >= 11 is 0. The zero-order valence-corrected chi connectivity index (χ0v) is 9.07. The Hall–Kier alpha value is -1.74. The molecule has 0 radical (unpaired) electrons. The van der Waals surface area contributed by atoms with Gasteiger partial charge in [-0.3, -0.25) is 4.98 Å². The maximum Gasteiger partial charge on any atom is 0.135 e. The third-order valence-corrected chi connectivity index (χ3v) is 2.53. The first-order chi connectivity index (χ1) is 7.72. The number of nitrogens with zero attached hydrogens (tertiary/aromatic N) is 1. The molecule has 2 aromatic rings. The molecule has 2 rings (SSSR count). The lowest BCUT2D eigenvalue weighted by Gasteiger charge is -2.06. The van der Waals surface area contributed by atoms with E-state index in [0.717, 1.165) is 5.56 Å². The van der Waals surface area contributed by atoms with Crippen LogP contribution in [0, 0.1) is 12.7 Å². The lowest BCUT2D eigenvalue weighted by atomic mass is 10.1. The molecular formula is C13H13FN2. The Bertz CT molecular complexity index is 509. The molecule has 0 bridgehead atoms. The van der Waals surface area contributed by atoms with E-state index in [0.29, 0.717) is 23.4 Å². The maximum atomic E-state index is 13.9. The smallest absolute Gasteiger partial charge is 0.135 e. The van der Waals surface area contributed by atoms with Gasteiger partial charge in [-0.05, 0) is 36.2 Å². The van der Waals surface area contributed by atoms with Crippen molar-refractivity contribution in [2.75, 3.05) is 0 Å². The van der Waals surface area contributed by atoms with E-state index in [-0.39, 0.29) is 5.82 Å². The highest BCUT2D eigenvalue weighted by Crippen LogP contribution is 2.23. The van der Waals surface area contributed by atoms with Crippen molar-refractivity contribution in [2.45, 2.75) is 13.5 Å². The summed E-state index contributed by atoms with van der Waals surface area (Å²) in [6.45, 7) is 2.18. The highest BCUT2D eigenvalue weighted by atomic mass is 19.1. The molecule has 3 heteroatoms. The van der Waals surface area contributed by atoms with Crippen LogP contribution in [-0.2, 0) is 6.54 Å². The van der Waals surface area contributed by atoms with Gasteiger partial charge in [-0.2, -0.15) is 0 Å². The molecule has 1 aromatic heterocycles. The molecule has 0 aliphatic heterocycles. The number of hydrogen-bond donors (Lipinski definition) is 1. The van der Waals surface area contributed by atoms with Crippen molar-refractivity contribution in [3.05, 3.63) is 53.5 Å². The van der Waals surface area contributed by atoms with Crippen molar-refractivity contribution in [1.29, 1.82) is 0 Å². The summed E-state index contributed by atoms with van der Waals surface area (Å²) in [5, 5.41) is 0. The predicted octanol–water partition coefficient (Wildman–Crippen LogP) is 2.65. The van der Waals surface area contributed by atoms with Crippen molar-refractivity contribution in [3.8, 4) is 11.3 Å². The summed E-state index contributed by atoms with van der Waals surface area (Å²) in [6, 6.07) is 8.94. The van der Waals surface area contributed by atoms with Gasteiger partial charge < -0.3 is 5.73 Å². The molecule has 16 heavy (non-hydrogen) atoms. The van der Waals surface area contributed by atoms with Crippen LogP contribution in [0.4, 0.5) is 4.39 Å². The van der Waals surface area contributed by atoms with E-state index in [2.05, 4.69) is 4.98 Å². The van der Waals surface area contributed by atoms with Crippen molar-refractivity contribution in [3.63, 3.8) is 0 Å². The van der Waals surface area contributed by atoms with E-state index in [9.17, 15) is 4.39 Å². The van der Waals surface area contributed by atoms with Crippen molar-refractivity contribution < 1.29 is 4.39 Å². The first kappa shape index (κ1) is 10.8. The zero-order chi connectivity index (χ0) is 11.5. The van der Waals surface area contributed by atoms with Gasteiger partial charge in [-0.25, -0.2) is 4.39 Å². The van der Waals surface area contributed by atoms with Crippen LogP contribution in [0.5, 0.6) is 0 Å². The first-order valence-corrected chi connectivity index (χ1v) is 5.13. The fourth-order valence-corrected chi connectivity index (χ4v) is 1.59. The molecule has 2 nitrogen and oxygen atoms in total. The van der Waals surface area contributed by atoms with Crippen LogP contribution >= 0.6 is 0 Å². The highest BCUT2D eigenvalue weighted by molar-refractivity contribution is 5.61. The number of pyridine rings is 1. The Labute approximate surface area is 93.9 Å². The topological polar surface area (TPSA) is 38.9 Å². The summed E-state index contributed by atoms with van der Waals surface area (Å²) in [4.78, 5) is 4.16. The average molecular weight is 216 g/mol.